The second-order valence-corrected chi connectivity index (χ2v) is 8.66. The normalized spacial score (nSPS) is 19.6. The highest BCUT2D eigenvalue weighted by molar-refractivity contribution is 5.92. The van der Waals surface area contributed by atoms with Crippen LogP contribution < -0.4 is 11.1 Å². The maximum Gasteiger partial charge on any atom is 0.322 e. The van der Waals surface area contributed by atoms with Crippen LogP contribution in [0.1, 0.15) is 51.9 Å². The number of nitrogens with zero attached hydrogens (tertiary/aromatic N) is 3. The van der Waals surface area contributed by atoms with Crippen molar-refractivity contribution in [2.45, 2.75) is 71.5 Å². The molecule has 2 aromatic rings. The number of urea groups is 1. The number of carbonyl (C=O) groups excluding carboxylic acids is 1. The van der Waals surface area contributed by atoms with Gasteiger partial charge in [0.15, 0.2) is 0 Å². The molecule has 0 spiro atoms. The monoisotopic (exact) mass is 355 g/mol. The van der Waals surface area contributed by atoms with Gasteiger partial charge in [-0.15, -0.1) is 0 Å². The highest BCUT2D eigenvalue weighted by Gasteiger charge is 2.46. The van der Waals surface area contributed by atoms with Gasteiger partial charge in [0.1, 0.15) is 0 Å². The number of hydrogen-bond donors (Lipinski definition) is 2. The molecule has 0 saturated carbocycles. The summed E-state index contributed by atoms with van der Waals surface area (Å²) in [5.74, 6) is 0. The van der Waals surface area contributed by atoms with Crippen LogP contribution in [0, 0.1) is 13.8 Å². The largest absolute Gasteiger partial charge is 0.328 e. The molecule has 0 atom stereocenters. The number of fused-ring (bicyclic) bond motifs is 1. The Morgan fingerprint density at radius 1 is 1.08 bits per heavy atom. The lowest BCUT2D eigenvalue weighted by atomic mass is 9.77. The quantitative estimate of drug-likeness (QED) is 0.816. The lowest BCUT2D eigenvalue weighted by Gasteiger charge is -2.54. The zero-order valence-corrected chi connectivity index (χ0v) is 16.6. The molecule has 140 valence electrons. The molecule has 6 nitrogen and oxygen atoms in total. The molecule has 2 amide bonds. The summed E-state index contributed by atoms with van der Waals surface area (Å²) >= 11 is 0. The van der Waals surface area contributed by atoms with Crippen LogP contribution in [-0.4, -0.2) is 38.0 Å². The molecule has 1 saturated heterocycles. The van der Waals surface area contributed by atoms with Gasteiger partial charge < -0.3 is 16.0 Å². The van der Waals surface area contributed by atoms with E-state index in [0.29, 0.717) is 0 Å². The zero-order valence-electron chi connectivity index (χ0n) is 16.6. The maximum atomic E-state index is 13.1. The Balaban J connectivity index is 1.89. The average molecular weight is 355 g/mol. The van der Waals surface area contributed by atoms with Crippen molar-refractivity contribution < 1.29 is 4.79 Å². The molecule has 26 heavy (non-hydrogen) atoms. The van der Waals surface area contributed by atoms with Gasteiger partial charge in [0.25, 0.3) is 0 Å². The topological polar surface area (TPSA) is 84.1 Å². The molecule has 3 rings (SSSR count). The highest BCUT2D eigenvalue weighted by atomic mass is 16.2. The van der Waals surface area contributed by atoms with E-state index in [1.54, 1.807) is 0 Å². The average Bonchev–Trinajstić information content (AvgIpc) is 2.45. The van der Waals surface area contributed by atoms with E-state index < -0.39 is 0 Å². The Bertz CT molecular complexity index is 841. The molecule has 0 aliphatic carbocycles. The van der Waals surface area contributed by atoms with E-state index >= 15 is 0 Å². The summed E-state index contributed by atoms with van der Waals surface area (Å²) in [7, 11) is 0. The van der Waals surface area contributed by atoms with Crippen LogP contribution in [0.4, 0.5) is 10.5 Å². The number of anilines is 1. The van der Waals surface area contributed by atoms with Crippen molar-refractivity contribution >= 4 is 22.8 Å². The summed E-state index contributed by atoms with van der Waals surface area (Å²) in [6, 6.07) is 5.64. The number of rotatable bonds is 1. The van der Waals surface area contributed by atoms with E-state index in [1.165, 1.54) is 0 Å². The van der Waals surface area contributed by atoms with Crippen molar-refractivity contribution in [2.24, 2.45) is 5.73 Å². The molecule has 1 aliphatic heterocycles. The summed E-state index contributed by atoms with van der Waals surface area (Å²) in [4.78, 5) is 24.1. The number of aryl methyl sites for hydroxylation is 2. The molecule has 3 N–H and O–H groups in total. The summed E-state index contributed by atoms with van der Waals surface area (Å²) in [6.07, 6.45) is 1.57. The summed E-state index contributed by atoms with van der Waals surface area (Å²) < 4.78 is 0. The van der Waals surface area contributed by atoms with Crippen molar-refractivity contribution in [2.75, 3.05) is 5.32 Å². The van der Waals surface area contributed by atoms with Crippen LogP contribution in [0.15, 0.2) is 18.2 Å². The minimum atomic E-state index is -0.310. The number of nitrogens with one attached hydrogen (secondary N) is 1. The first kappa shape index (κ1) is 18.6. The van der Waals surface area contributed by atoms with Gasteiger partial charge in [0, 0.05) is 22.8 Å². The number of nitrogens with two attached hydrogens (primary N) is 1. The van der Waals surface area contributed by atoms with E-state index in [4.69, 9.17) is 5.73 Å². The van der Waals surface area contributed by atoms with Crippen molar-refractivity contribution in [3.8, 4) is 0 Å². The van der Waals surface area contributed by atoms with E-state index in [1.807, 2.05) is 36.9 Å². The van der Waals surface area contributed by atoms with E-state index in [-0.39, 0.29) is 23.2 Å². The Morgan fingerprint density at radius 2 is 1.62 bits per heavy atom. The molecule has 6 heteroatoms. The zero-order chi connectivity index (χ0) is 19.3. The number of aromatic nitrogens is 2. The van der Waals surface area contributed by atoms with E-state index in [2.05, 4.69) is 43.0 Å². The molecule has 1 aromatic heterocycles. The van der Waals surface area contributed by atoms with Crippen molar-refractivity contribution in [1.29, 1.82) is 0 Å². The van der Waals surface area contributed by atoms with Gasteiger partial charge in [-0.1, -0.05) is 0 Å². The molecular formula is C20H29N5O. The Labute approximate surface area is 155 Å². The van der Waals surface area contributed by atoms with Crippen LogP contribution in [0.5, 0.6) is 0 Å². The molecule has 0 unspecified atom stereocenters. The van der Waals surface area contributed by atoms with Gasteiger partial charge in [-0.05, 0) is 72.6 Å². The van der Waals surface area contributed by atoms with Crippen LogP contribution >= 0.6 is 0 Å². The van der Waals surface area contributed by atoms with Crippen LogP contribution in [0.25, 0.3) is 11.0 Å². The van der Waals surface area contributed by atoms with Crippen LogP contribution in [-0.2, 0) is 0 Å². The first-order chi connectivity index (χ1) is 12.0. The summed E-state index contributed by atoms with van der Waals surface area (Å²) in [5.41, 5.74) is 9.75. The van der Waals surface area contributed by atoms with E-state index in [9.17, 15) is 4.79 Å². The molecule has 1 aromatic carbocycles. The van der Waals surface area contributed by atoms with Gasteiger partial charge in [-0.3, -0.25) is 0 Å². The number of piperidine rings is 1. The van der Waals surface area contributed by atoms with Crippen LogP contribution in [0.3, 0.4) is 0 Å². The Hall–Kier alpha value is -2.21. The SMILES string of the molecule is Cc1nc2ccc(NC(=O)N3C(C)(C)CC(N)CC3(C)C)cc2nc1C. The Kier molecular flexibility index (Phi) is 4.43. The van der Waals surface area contributed by atoms with Crippen molar-refractivity contribution in [1.82, 2.24) is 14.9 Å². The summed E-state index contributed by atoms with van der Waals surface area (Å²) in [6.45, 7) is 12.2. The standard InChI is InChI=1S/C20H29N5O/c1-12-13(2)23-17-9-15(7-8-16(17)22-12)24-18(26)25-19(3,4)10-14(21)11-20(25,5)6/h7-9,14H,10-11,21H2,1-6H3,(H,24,26). The van der Waals surface area contributed by atoms with Crippen molar-refractivity contribution in [3.63, 3.8) is 0 Å². The van der Waals surface area contributed by atoms with Gasteiger partial charge in [-0.2, -0.15) is 0 Å². The molecule has 1 fully saturated rings. The van der Waals surface area contributed by atoms with Crippen LogP contribution in [0.2, 0.25) is 0 Å². The molecule has 2 heterocycles. The minimum absolute atomic E-state index is 0.103. The predicted octanol–water partition coefficient (Wildman–Crippen LogP) is 3.76. The molecule has 1 aliphatic rings. The fourth-order valence-corrected chi connectivity index (χ4v) is 4.39. The number of benzene rings is 1. The molecule has 0 bridgehead atoms. The van der Waals surface area contributed by atoms with Gasteiger partial charge in [0.2, 0.25) is 0 Å². The number of carbonyl (C=O) groups is 1. The lowest BCUT2D eigenvalue weighted by molar-refractivity contribution is 0.00877. The lowest BCUT2D eigenvalue weighted by Crippen LogP contribution is -2.66. The molecular weight excluding hydrogens is 326 g/mol. The van der Waals surface area contributed by atoms with Gasteiger partial charge >= 0.3 is 6.03 Å². The maximum absolute atomic E-state index is 13.1. The number of likely N-dealkylation sites (tertiary alicyclic amines) is 1. The Morgan fingerprint density at radius 3 is 2.19 bits per heavy atom. The van der Waals surface area contributed by atoms with Gasteiger partial charge in [0.05, 0.1) is 22.4 Å². The fraction of sp³-hybridized carbons (Fsp3) is 0.550. The first-order valence-corrected chi connectivity index (χ1v) is 9.11. The van der Waals surface area contributed by atoms with Crippen molar-refractivity contribution in [3.05, 3.63) is 29.6 Å². The van der Waals surface area contributed by atoms with Gasteiger partial charge in [-0.25, -0.2) is 14.8 Å². The summed E-state index contributed by atoms with van der Waals surface area (Å²) in [5, 5.41) is 3.04. The predicted molar refractivity (Wildman–Crippen MR) is 105 cm³/mol. The fourth-order valence-electron chi connectivity index (χ4n) is 4.39. The third-order valence-corrected chi connectivity index (χ3v) is 5.26. The third kappa shape index (κ3) is 3.38. The smallest absolute Gasteiger partial charge is 0.322 e. The number of amides is 2. The third-order valence-electron chi connectivity index (χ3n) is 5.26. The van der Waals surface area contributed by atoms with E-state index in [0.717, 1.165) is 41.0 Å². The number of hydrogen-bond acceptors (Lipinski definition) is 4. The second-order valence-electron chi connectivity index (χ2n) is 8.66. The second kappa shape index (κ2) is 6.20. The minimum Gasteiger partial charge on any atom is -0.328 e. The highest BCUT2D eigenvalue weighted by Crippen LogP contribution is 2.38. The first-order valence-electron chi connectivity index (χ1n) is 9.11. The molecule has 0 radical (unpaired) electrons.